The minimum Gasteiger partial charge on any atom is -0.397 e. The Balaban J connectivity index is 1.90. The second-order valence-electron chi connectivity index (χ2n) is 6.87. The van der Waals surface area contributed by atoms with Gasteiger partial charge in [0.2, 0.25) is 5.91 Å². The van der Waals surface area contributed by atoms with Gasteiger partial charge in [-0.15, -0.1) is 0 Å². The van der Waals surface area contributed by atoms with Crippen LogP contribution in [0.1, 0.15) is 27.2 Å². The first kappa shape index (κ1) is 16.1. The van der Waals surface area contributed by atoms with Gasteiger partial charge >= 0.3 is 0 Å². The molecular formula is C16H24ClN3O. The molecule has 0 radical (unpaired) electrons. The van der Waals surface area contributed by atoms with Gasteiger partial charge < -0.3 is 11.1 Å². The molecule has 1 heterocycles. The van der Waals surface area contributed by atoms with Crippen molar-refractivity contribution in [3.63, 3.8) is 0 Å². The average Bonchev–Trinajstić information content (AvgIpc) is 2.82. The van der Waals surface area contributed by atoms with Crippen LogP contribution in [0, 0.1) is 11.3 Å². The van der Waals surface area contributed by atoms with E-state index in [1.807, 2.05) is 0 Å². The number of amides is 1. The molecule has 21 heavy (non-hydrogen) atoms. The number of halogens is 1. The average molecular weight is 310 g/mol. The third-order valence-electron chi connectivity index (χ3n) is 4.15. The summed E-state index contributed by atoms with van der Waals surface area (Å²) in [5.41, 5.74) is 7.24. The van der Waals surface area contributed by atoms with Gasteiger partial charge in [-0.1, -0.05) is 32.4 Å². The van der Waals surface area contributed by atoms with Crippen molar-refractivity contribution >= 4 is 28.9 Å². The summed E-state index contributed by atoms with van der Waals surface area (Å²) in [6, 6.07) is 5.08. The molecule has 0 bridgehead atoms. The maximum absolute atomic E-state index is 12.1. The summed E-state index contributed by atoms with van der Waals surface area (Å²) >= 11 is 5.92. The lowest BCUT2D eigenvalue weighted by molar-refractivity contribution is -0.117. The van der Waals surface area contributed by atoms with E-state index in [1.54, 1.807) is 18.2 Å². The number of anilines is 2. The highest BCUT2D eigenvalue weighted by Crippen LogP contribution is 2.33. The van der Waals surface area contributed by atoms with Gasteiger partial charge in [0.15, 0.2) is 0 Å². The van der Waals surface area contributed by atoms with E-state index in [9.17, 15) is 4.79 Å². The number of benzene rings is 1. The molecule has 4 nitrogen and oxygen atoms in total. The second kappa shape index (κ2) is 6.24. The summed E-state index contributed by atoms with van der Waals surface area (Å²) in [5, 5.41) is 3.40. The lowest BCUT2D eigenvalue weighted by Crippen LogP contribution is -2.33. The second-order valence-corrected chi connectivity index (χ2v) is 7.30. The fourth-order valence-corrected chi connectivity index (χ4v) is 2.88. The van der Waals surface area contributed by atoms with Crippen molar-refractivity contribution in [2.45, 2.75) is 27.2 Å². The predicted molar refractivity (Wildman–Crippen MR) is 88.5 cm³/mol. The smallest absolute Gasteiger partial charge is 0.238 e. The zero-order valence-corrected chi connectivity index (χ0v) is 13.7. The standard InChI is InChI=1S/C16H24ClN3O/c1-16(2,3)11-6-7-20(9-11)10-15(21)19-14-8-12(17)4-5-13(14)18/h4-5,8,11H,6-7,9-10,18H2,1-3H3,(H,19,21). The largest absolute Gasteiger partial charge is 0.397 e. The first-order valence-electron chi connectivity index (χ1n) is 7.33. The van der Waals surface area contributed by atoms with Crippen LogP contribution in [-0.2, 0) is 4.79 Å². The summed E-state index contributed by atoms with van der Waals surface area (Å²) in [6.07, 6.45) is 1.15. The summed E-state index contributed by atoms with van der Waals surface area (Å²) < 4.78 is 0. The maximum atomic E-state index is 12.1. The van der Waals surface area contributed by atoms with Gasteiger partial charge in [-0.25, -0.2) is 0 Å². The Hall–Kier alpha value is -1.26. The molecule has 1 aliphatic heterocycles. The molecule has 1 fully saturated rings. The Kier molecular flexibility index (Phi) is 4.79. The number of hydrogen-bond donors (Lipinski definition) is 2. The highest BCUT2D eigenvalue weighted by molar-refractivity contribution is 6.31. The van der Waals surface area contributed by atoms with Crippen molar-refractivity contribution in [2.75, 3.05) is 30.7 Å². The van der Waals surface area contributed by atoms with Gasteiger partial charge in [0.1, 0.15) is 0 Å². The van der Waals surface area contributed by atoms with E-state index in [0.717, 1.165) is 19.5 Å². The van der Waals surface area contributed by atoms with E-state index in [4.69, 9.17) is 17.3 Å². The minimum atomic E-state index is -0.0430. The lowest BCUT2D eigenvalue weighted by Gasteiger charge is -2.27. The molecule has 1 atom stereocenters. The Morgan fingerprint density at radius 1 is 1.48 bits per heavy atom. The molecule has 116 valence electrons. The van der Waals surface area contributed by atoms with Gasteiger partial charge in [0, 0.05) is 11.6 Å². The lowest BCUT2D eigenvalue weighted by atomic mass is 9.80. The van der Waals surface area contributed by atoms with Gasteiger partial charge in [0.25, 0.3) is 0 Å². The summed E-state index contributed by atoms with van der Waals surface area (Å²) in [5.74, 6) is 0.597. The predicted octanol–water partition coefficient (Wildman–Crippen LogP) is 3.23. The van der Waals surface area contributed by atoms with E-state index in [1.165, 1.54) is 0 Å². The van der Waals surface area contributed by atoms with Crippen LogP contribution in [0.2, 0.25) is 5.02 Å². The molecule has 1 aliphatic rings. The van der Waals surface area contributed by atoms with Crippen molar-refractivity contribution in [3.8, 4) is 0 Å². The molecule has 0 spiro atoms. The van der Waals surface area contributed by atoms with Crippen LogP contribution < -0.4 is 11.1 Å². The van der Waals surface area contributed by atoms with Crippen LogP contribution in [0.25, 0.3) is 0 Å². The molecule has 1 aromatic rings. The third kappa shape index (κ3) is 4.35. The van der Waals surface area contributed by atoms with Crippen LogP contribution in [-0.4, -0.2) is 30.4 Å². The SMILES string of the molecule is CC(C)(C)C1CCN(CC(=O)Nc2cc(Cl)ccc2N)C1. The number of carbonyl (C=O) groups is 1. The Labute approximate surface area is 131 Å². The van der Waals surface area contributed by atoms with Gasteiger partial charge in [-0.2, -0.15) is 0 Å². The third-order valence-corrected chi connectivity index (χ3v) is 4.39. The molecule has 5 heteroatoms. The fourth-order valence-electron chi connectivity index (χ4n) is 2.71. The minimum absolute atomic E-state index is 0.0430. The molecule has 2 rings (SSSR count). The van der Waals surface area contributed by atoms with Crippen molar-refractivity contribution in [1.29, 1.82) is 0 Å². The first-order chi connectivity index (χ1) is 9.75. The van der Waals surface area contributed by atoms with E-state index < -0.39 is 0 Å². The molecule has 1 saturated heterocycles. The molecule has 3 N–H and O–H groups in total. The Morgan fingerprint density at radius 2 is 2.19 bits per heavy atom. The summed E-state index contributed by atoms with van der Waals surface area (Å²) in [6.45, 7) is 9.12. The first-order valence-corrected chi connectivity index (χ1v) is 7.71. The number of nitrogens with two attached hydrogens (primary N) is 1. The van der Waals surface area contributed by atoms with Crippen LogP contribution in [0.15, 0.2) is 18.2 Å². The molecule has 1 amide bonds. The number of carbonyl (C=O) groups excluding carboxylic acids is 1. The number of likely N-dealkylation sites (tertiary alicyclic amines) is 1. The van der Waals surface area contributed by atoms with Crippen molar-refractivity contribution in [2.24, 2.45) is 11.3 Å². The Bertz CT molecular complexity index is 525. The molecule has 0 aromatic heterocycles. The van der Waals surface area contributed by atoms with Gasteiger partial charge in [-0.3, -0.25) is 9.69 Å². The van der Waals surface area contributed by atoms with Crippen LogP contribution >= 0.6 is 11.6 Å². The maximum Gasteiger partial charge on any atom is 0.238 e. The topological polar surface area (TPSA) is 58.4 Å². The highest BCUT2D eigenvalue weighted by Gasteiger charge is 2.32. The van der Waals surface area contributed by atoms with Crippen molar-refractivity contribution in [3.05, 3.63) is 23.2 Å². The van der Waals surface area contributed by atoms with Crippen LogP contribution in [0.3, 0.4) is 0 Å². The normalized spacial score (nSPS) is 19.7. The monoisotopic (exact) mass is 309 g/mol. The zero-order chi connectivity index (χ0) is 15.6. The number of nitrogen functional groups attached to an aromatic ring is 1. The zero-order valence-electron chi connectivity index (χ0n) is 12.9. The van der Waals surface area contributed by atoms with E-state index in [-0.39, 0.29) is 5.91 Å². The van der Waals surface area contributed by atoms with E-state index in [2.05, 4.69) is 31.0 Å². The van der Waals surface area contributed by atoms with E-state index >= 15 is 0 Å². The fraction of sp³-hybridized carbons (Fsp3) is 0.562. The number of nitrogens with zero attached hydrogens (tertiary/aromatic N) is 1. The Morgan fingerprint density at radius 3 is 2.81 bits per heavy atom. The summed E-state index contributed by atoms with van der Waals surface area (Å²) in [7, 11) is 0. The molecule has 1 unspecified atom stereocenters. The van der Waals surface area contributed by atoms with Crippen LogP contribution in [0.5, 0.6) is 0 Å². The number of nitrogens with one attached hydrogen (secondary N) is 1. The quantitative estimate of drug-likeness (QED) is 0.843. The van der Waals surface area contributed by atoms with Crippen LogP contribution in [0.4, 0.5) is 11.4 Å². The summed E-state index contributed by atoms with van der Waals surface area (Å²) in [4.78, 5) is 14.3. The van der Waals surface area contributed by atoms with Gasteiger partial charge in [0.05, 0.1) is 17.9 Å². The van der Waals surface area contributed by atoms with Crippen molar-refractivity contribution in [1.82, 2.24) is 4.90 Å². The van der Waals surface area contributed by atoms with E-state index in [0.29, 0.717) is 34.3 Å². The molecule has 0 saturated carbocycles. The van der Waals surface area contributed by atoms with Gasteiger partial charge in [-0.05, 0) is 42.5 Å². The molecule has 0 aliphatic carbocycles. The number of rotatable bonds is 3. The number of hydrogen-bond acceptors (Lipinski definition) is 3. The van der Waals surface area contributed by atoms with Crippen molar-refractivity contribution < 1.29 is 4.79 Å². The molecular weight excluding hydrogens is 286 g/mol. The molecule has 1 aromatic carbocycles. The highest BCUT2D eigenvalue weighted by atomic mass is 35.5.